The van der Waals surface area contributed by atoms with E-state index in [-0.39, 0.29) is 34.2 Å². The number of nitrogens with zero attached hydrogens (tertiary/aromatic N) is 2. The third-order valence-electron chi connectivity index (χ3n) is 3.78. The molecule has 1 unspecified atom stereocenters. The topological polar surface area (TPSA) is 95.9 Å². The number of hydrogen-bond donors (Lipinski definition) is 1. The summed E-state index contributed by atoms with van der Waals surface area (Å²) in [6.45, 7) is 3.69. The Kier molecular flexibility index (Phi) is 6.78. The molecule has 0 spiro atoms. The largest absolute Gasteiger partial charge is 0.326 e. The van der Waals surface area contributed by atoms with E-state index in [0.717, 1.165) is 23.1 Å². The number of hydrogen-bond acceptors (Lipinski definition) is 6. The summed E-state index contributed by atoms with van der Waals surface area (Å²) in [5, 5.41) is 4.12. The van der Waals surface area contributed by atoms with Crippen LogP contribution in [0.1, 0.15) is 6.42 Å². The SMILES string of the molecule is C=CCN1C(=O)C(CC(=O)Nc2ccc(Cl)cc2)S/C1=N/S(=O)(=O)c1cccs1. The van der Waals surface area contributed by atoms with Crippen LogP contribution in [-0.4, -0.2) is 42.1 Å². The lowest BCUT2D eigenvalue weighted by atomic mass is 10.2. The van der Waals surface area contributed by atoms with Crippen LogP contribution < -0.4 is 5.32 Å². The lowest BCUT2D eigenvalue weighted by Gasteiger charge is -2.13. The molecule has 1 atom stereocenters. The first-order valence-electron chi connectivity index (χ1n) is 8.33. The summed E-state index contributed by atoms with van der Waals surface area (Å²) in [5.74, 6) is -0.764. The lowest BCUT2D eigenvalue weighted by molar-refractivity contribution is -0.127. The van der Waals surface area contributed by atoms with Gasteiger partial charge in [-0.1, -0.05) is 35.5 Å². The minimum absolute atomic E-state index is 0.0348. The number of amides is 2. The van der Waals surface area contributed by atoms with E-state index in [1.54, 1.807) is 35.7 Å². The van der Waals surface area contributed by atoms with Crippen molar-refractivity contribution in [2.24, 2.45) is 4.40 Å². The van der Waals surface area contributed by atoms with Crippen LogP contribution in [0.4, 0.5) is 5.69 Å². The molecule has 0 bridgehead atoms. The van der Waals surface area contributed by atoms with Crippen molar-refractivity contribution in [2.45, 2.75) is 15.9 Å². The first-order chi connectivity index (χ1) is 13.8. The van der Waals surface area contributed by atoms with Crippen LogP contribution >= 0.6 is 34.7 Å². The summed E-state index contributed by atoms with van der Waals surface area (Å²) >= 11 is 7.82. The minimum atomic E-state index is -3.94. The van der Waals surface area contributed by atoms with Crippen LogP contribution in [-0.2, 0) is 19.6 Å². The number of rotatable bonds is 7. The molecular weight excluding hydrogens is 454 g/mol. The zero-order chi connectivity index (χ0) is 21.0. The molecule has 0 aliphatic carbocycles. The maximum Gasteiger partial charge on any atom is 0.294 e. The fraction of sp³-hybridized carbons (Fsp3) is 0.167. The number of thioether (sulfide) groups is 1. The van der Waals surface area contributed by atoms with Gasteiger partial charge in [0.2, 0.25) is 11.8 Å². The molecule has 0 saturated carbocycles. The van der Waals surface area contributed by atoms with Gasteiger partial charge < -0.3 is 5.32 Å². The Balaban J connectivity index is 1.76. The molecule has 2 aromatic rings. The van der Waals surface area contributed by atoms with Crippen LogP contribution in [0.25, 0.3) is 0 Å². The summed E-state index contributed by atoms with van der Waals surface area (Å²) in [6.07, 6.45) is 1.35. The van der Waals surface area contributed by atoms with Crippen molar-refractivity contribution < 1.29 is 18.0 Å². The van der Waals surface area contributed by atoms with Gasteiger partial charge in [-0.25, -0.2) is 0 Å². The molecule has 1 aliphatic heterocycles. The summed E-state index contributed by atoms with van der Waals surface area (Å²) in [4.78, 5) is 26.3. The van der Waals surface area contributed by atoms with E-state index < -0.39 is 15.3 Å². The molecule has 1 saturated heterocycles. The predicted octanol–water partition coefficient (Wildman–Crippen LogP) is 3.61. The van der Waals surface area contributed by atoms with Gasteiger partial charge >= 0.3 is 0 Å². The number of carbonyl (C=O) groups is 2. The monoisotopic (exact) mass is 469 g/mol. The zero-order valence-corrected chi connectivity index (χ0v) is 18.2. The van der Waals surface area contributed by atoms with Crippen LogP contribution in [0.5, 0.6) is 0 Å². The van der Waals surface area contributed by atoms with Crippen LogP contribution in [0.2, 0.25) is 5.02 Å². The first kappa shape index (κ1) is 21.6. The highest BCUT2D eigenvalue weighted by Gasteiger charge is 2.39. The minimum Gasteiger partial charge on any atom is -0.326 e. The van der Waals surface area contributed by atoms with E-state index >= 15 is 0 Å². The van der Waals surface area contributed by atoms with Crippen molar-refractivity contribution in [1.29, 1.82) is 0 Å². The van der Waals surface area contributed by atoms with Crippen LogP contribution in [0.3, 0.4) is 0 Å². The van der Waals surface area contributed by atoms with Gasteiger partial charge in [0, 0.05) is 23.7 Å². The molecule has 3 rings (SSSR count). The third-order valence-corrected chi connectivity index (χ3v) is 7.96. The quantitative estimate of drug-likeness (QED) is 0.625. The molecule has 1 N–H and O–H groups in total. The van der Waals surface area contributed by atoms with Gasteiger partial charge in [-0.2, -0.15) is 8.42 Å². The Morgan fingerprint density at radius 1 is 1.31 bits per heavy atom. The van der Waals surface area contributed by atoms with E-state index in [9.17, 15) is 18.0 Å². The summed E-state index contributed by atoms with van der Waals surface area (Å²) in [7, 11) is -3.94. The second-order valence-corrected chi connectivity index (χ2v) is 10.3. The molecule has 1 aromatic carbocycles. The van der Waals surface area contributed by atoms with E-state index in [1.165, 1.54) is 17.0 Å². The average Bonchev–Trinajstić information content (AvgIpc) is 3.29. The maximum absolute atomic E-state index is 12.7. The van der Waals surface area contributed by atoms with Gasteiger partial charge in [-0.3, -0.25) is 14.5 Å². The highest BCUT2D eigenvalue weighted by molar-refractivity contribution is 8.16. The standard InChI is InChI=1S/C18H16ClN3O4S3/c1-2-9-22-17(24)14(11-15(23)20-13-7-5-12(19)6-8-13)28-18(22)21-29(25,26)16-4-3-10-27-16/h2-8,10,14H,1,9,11H2,(H,20,23)/b21-18+. The second-order valence-electron chi connectivity index (χ2n) is 5.88. The number of nitrogens with one attached hydrogen (secondary N) is 1. The summed E-state index contributed by atoms with van der Waals surface area (Å²) in [5.41, 5.74) is 0.548. The molecular formula is C18H16ClN3O4S3. The van der Waals surface area contributed by atoms with Crippen molar-refractivity contribution >= 4 is 67.4 Å². The summed E-state index contributed by atoms with van der Waals surface area (Å²) in [6, 6.07) is 9.62. The number of thiophene rings is 1. The van der Waals surface area contributed by atoms with Crippen LogP contribution in [0.15, 0.2) is 63.0 Å². The molecule has 2 amide bonds. The molecule has 1 fully saturated rings. The lowest BCUT2D eigenvalue weighted by Crippen LogP contribution is -2.33. The highest BCUT2D eigenvalue weighted by atomic mass is 35.5. The van der Waals surface area contributed by atoms with E-state index in [4.69, 9.17) is 11.6 Å². The van der Waals surface area contributed by atoms with E-state index in [1.807, 2.05) is 0 Å². The average molecular weight is 470 g/mol. The number of anilines is 1. The fourth-order valence-electron chi connectivity index (χ4n) is 2.48. The first-order valence-corrected chi connectivity index (χ1v) is 11.9. The van der Waals surface area contributed by atoms with E-state index in [2.05, 4.69) is 16.3 Å². The maximum atomic E-state index is 12.7. The van der Waals surface area contributed by atoms with Gasteiger partial charge in [-0.15, -0.1) is 22.3 Å². The number of carbonyl (C=O) groups excluding carboxylic acids is 2. The number of amidine groups is 1. The van der Waals surface area contributed by atoms with Crippen molar-refractivity contribution in [3.8, 4) is 0 Å². The predicted molar refractivity (Wildman–Crippen MR) is 117 cm³/mol. The van der Waals surface area contributed by atoms with Gasteiger partial charge in [0.15, 0.2) is 5.17 Å². The summed E-state index contributed by atoms with van der Waals surface area (Å²) < 4.78 is 28.8. The van der Waals surface area contributed by atoms with Crippen molar-refractivity contribution in [1.82, 2.24) is 4.90 Å². The Hall–Kier alpha value is -2.14. The number of sulfonamides is 1. The smallest absolute Gasteiger partial charge is 0.294 e. The molecule has 0 radical (unpaired) electrons. The van der Waals surface area contributed by atoms with Gasteiger partial charge in [0.25, 0.3) is 10.0 Å². The number of halogens is 1. The number of benzene rings is 1. The zero-order valence-electron chi connectivity index (χ0n) is 14.9. The molecule has 7 nitrogen and oxygen atoms in total. The highest BCUT2D eigenvalue weighted by Crippen LogP contribution is 2.32. The van der Waals surface area contributed by atoms with E-state index in [0.29, 0.717) is 10.7 Å². The van der Waals surface area contributed by atoms with Crippen molar-refractivity contribution in [3.63, 3.8) is 0 Å². The Labute approximate surface area is 181 Å². The molecule has 29 heavy (non-hydrogen) atoms. The van der Waals surface area contributed by atoms with Gasteiger partial charge in [0.05, 0.1) is 0 Å². The molecule has 11 heteroatoms. The molecule has 2 heterocycles. The van der Waals surface area contributed by atoms with Crippen molar-refractivity contribution in [2.75, 3.05) is 11.9 Å². The van der Waals surface area contributed by atoms with Crippen molar-refractivity contribution in [3.05, 3.63) is 59.5 Å². The normalized spacial score (nSPS) is 18.2. The third kappa shape index (κ3) is 5.27. The molecule has 1 aromatic heterocycles. The van der Waals surface area contributed by atoms with Crippen LogP contribution in [0, 0.1) is 0 Å². The molecule has 1 aliphatic rings. The van der Waals surface area contributed by atoms with Gasteiger partial charge in [0.1, 0.15) is 9.46 Å². The second kappa shape index (κ2) is 9.12. The fourth-order valence-corrected chi connectivity index (χ4v) is 5.94. The Morgan fingerprint density at radius 2 is 2.03 bits per heavy atom. The Bertz CT molecular complexity index is 1050. The van der Waals surface area contributed by atoms with Gasteiger partial charge in [-0.05, 0) is 35.7 Å². The Morgan fingerprint density at radius 3 is 2.66 bits per heavy atom. The molecule has 152 valence electrons.